The number of hydrogen-bond acceptors (Lipinski definition) is 2. The SMILES string of the molecule is Cc1c(C(=O)NC2CCCC2)nn(-c2ccc(Cl)c(Cl)c2)c1-n1c(C)ccc1C. The number of hydrogen-bond donors (Lipinski definition) is 1. The quantitative estimate of drug-likeness (QED) is 0.588. The molecule has 0 bridgehead atoms. The summed E-state index contributed by atoms with van der Waals surface area (Å²) in [6, 6.07) is 9.71. The Hall–Kier alpha value is -2.24. The highest BCUT2D eigenvalue weighted by molar-refractivity contribution is 6.42. The van der Waals surface area contributed by atoms with E-state index >= 15 is 0 Å². The van der Waals surface area contributed by atoms with Crippen molar-refractivity contribution in [1.82, 2.24) is 19.7 Å². The first kappa shape index (κ1) is 20.0. The van der Waals surface area contributed by atoms with Gasteiger partial charge in [0.05, 0.1) is 15.7 Å². The maximum absolute atomic E-state index is 13.0. The summed E-state index contributed by atoms with van der Waals surface area (Å²) in [6.45, 7) is 6.02. The molecule has 0 radical (unpaired) electrons. The molecule has 1 aromatic carbocycles. The summed E-state index contributed by atoms with van der Waals surface area (Å²) in [4.78, 5) is 13.0. The Balaban J connectivity index is 1.86. The van der Waals surface area contributed by atoms with Gasteiger partial charge >= 0.3 is 0 Å². The van der Waals surface area contributed by atoms with Gasteiger partial charge in [0, 0.05) is 23.0 Å². The van der Waals surface area contributed by atoms with Crippen LogP contribution in [0.1, 0.15) is 53.1 Å². The minimum Gasteiger partial charge on any atom is -0.348 e. The van der Waals surface area contributed by atoms with E-state index in [1.807, 2.05) is 26.8 Å². The van der Waals surface area contributed by atoms with E-state index in [-0.39, 0.29) is 11.9 Å². The van der Waals surface area contributed by atoms with Crippen molar-refractivity contribution in [2.45, 2.75) is 52.5 Å². The predicted molar refractivity (Wildman–Crippen MR) is 117 cm³/mol. The summed E-state index contributed by atoms with van der Waals surface area (Å²) in [5.74, 6) is 0.705. The van der Waals surface area contributed by atoms with Crippen LogP contribution < -0.4 is 5.32 Å². The van der Waals surface area contributed by atoms with Crippen molar-refractivity contribution >= 4 is 29.1 Å². The van der Waals surface area contributed by atoms with Gasteiger partial charge in [-0.25, -0.2) is 4.68 Å². The van der Waals surface area contributed by atoms with Crippen LogP contribution in [0.25, 0.3) is 11.5 Å². The van der Waals surface area contributed by atoms with E-state index in [1.54, 1.807) is 16.8 Å². The third kappa shape index (κ3) is 3.69. The van der Waals surface area contributed by atoms with Crippen LogP contribution in [-0.4, -0.2) is 26.3 Å². The first-order valence-electron chi connectivity index (χ1n) is 9.88. The molecule has 0 atom stereocenters. The van der Waals surface area contributed by atoms with E-state index < -0.39 is 0 Å². The fourth-order valence-electron chi connectivity index (χ4n) is 4.09. The number of carbonyl (C=O) groups is 1. The Morgan fingerprint density at radius 1 is 1.03 bits per heavy atom. The lowest BCUT2D eigenvalue weighted by atomic mass is 10.2. The summed E-state index contributed by atoms with van der Waals surface area (Å²) in [5, 5.41) is 8.79. The molecule has 0 aliphatic heterocycles. The summed E-state index contributed by atoms with van der Waals surface area (Å²) >= 11 is 12.4. The molecular weight excluding hydrogens is 407 g/mol. The van der Waals surface area contributed by atoms with Gasteiger partial charge in [0.15, 0.2) is 5.69 Å². The summed E-state index contributed by atoms with van der Waals surface area (Å²) in [6.07, 6.45) is 4.38. The van der Waals surface area contributed by atoms with E-state index in [4.69, 9.17) is 28.3 Å². The van der Waals surface area contributed by atoms with Crippen LogP contribution in [0.4, 0.5) is 0 Å². The van der Waals surface area contributed by atoms with Crippen LogP contribution in [-0.2, 0) is 0 Å². The van der Waals surface area contributed by atoms with Gasteiger partial charge in [-0.15, -0.1) is 0 Å². The molecule has 2 aromatic heterocycles. The van der Waals surface area contributed by atoms with Gasteiger partial charge in [0.2, 0.25) is 0 Å². The Kier molecular flexibility index (Phi) is 5.45. The van der Waals surface area contributed by atoms with Crippen molar-refractivity contribution in [2.75, 3.05) is 0 Å². The minimum absolute atomic E-state index is 0.128. The number of nitrogens with one attached hydrogen (secondary N) is 1. The van der Waals surface area contributed by atoms with Gasteiger partial charge in [0.1, 0.15) is 5.82 Å². The number of aryl methyl sites for hydroxylation is 2. The molecule has 152 valence electrons. The Morgan fingerprint density at radius 3 is 2.31 bits per heavy atom. The Bertz CT molecular complexity index is 1060. The summed E-state index contributed by atoms with van der Waals surface area (Å²) in [7, 11) is 0. The van der Waals surface area contributed by atoms with Crippen LogP contribution in [0.5, 0.6) is 0 Å². The molecule has 1 N–H and O–H groups in total. The zero-order chi connectivity index (χ0) is 20.7. The van der Waals surface area contributed by atoms with Crippen molar-refractivity contribution in [3.05, 3.63) is 63.0 Å². The molecule has 7 heteroatoms. The summed E-state index contributed by atoms with van der Waals surface area (Å²) in [5.41, 5.74) is 4.15. The average Bonchev–Trinajstić information content (AvgIpc) is 3.38. The number of amides is 1. The normalized spacial score (nSPS) is 14.5. The first-order valence-corrected chi connectivity index (χ1v) is 10.6. The second-order valence-electron chi connectivity index (χ2n) is 7.71. The van der Waals surface area contributed by atoms with Gasteiger partial charge < -0.3 is 9.88 Å². The minimum atomic E-state index is -0.128. The Morgan fingerprint density at radius 2 is 1.69 bits per heavy atom. The monoisotopic (exact) mass is 430 g/mol. The molecule has 0 unspecified atom stereocenters. The lowest BCUT2D eigenvalue weighted by molar-refractivity contribution is 0.0932. The van der Waals surface area contributed by atoms with Gasteiger partial charge in [-0.2, -0.15) is 5.10 Å². The molecule has 3 aromatic rings. The van der Waals surface area contributed by atoms with E-state index in [2.05, 4.69) is 22.0 Å². The van der Waals surface area contributed by atoms with Gasteiger partial charge in [-0.3, -0.25) is 4.79 Å². The van der Waals surface area contributed by atoms with E-state index in [1.165, 1.54) is 0 Å². The van der Waals surface area contributed by atoms with E-state index in [0.717, 1.165) is 54.1 Å². The van der Waals surface area contributed by atoms with Crippen molar-refractivity contribution in [2.24, 2.45) is 0 Å². The maximum atomic E-state index is 13.0. The van der Waals surface area contributed by atoms with Crippen LogP contribution >= 0.6 is 23.2 Å². The van der Waals surface area contributed by atoms with Crippen molar-refractivity contribution in [3.63, 3.8) is 0 Å². The number of halogens is 2. The lowest BCUT2D eigenvalue weighted by Crippen LogP contribution is -2.33. The van der Waals surface area contributed by atoms with Crippen LogP contribution in [0.2, 0.25) is 10.0 Å². The van der Waals surface area contributed by atoms with Crippen molar-refractivity contribution in [3.8, 4) is 11.5 Å². The highest BCUT2D eigenvalue weighted by atomic mass is 35.5. The molecule has 1 aliphatic carbocycles. The van der Waals surface area contributed by atoms with Crippen molar-refractivity contribution in [1.29, 1.82) is 0 Å². The second kappa shape index (κ2) is 7.88. The molecule has 0 spiro atoms. The molecule has 4 rings (SSSR count). The zero-order valence-electron chi connectivity index (χ0n) is 16.8. The molecule has 1 aliphatic rings. The second-order valence-corrected chi connectivity index (χ2v) is 8.53. The molecule has 29 heavy (non-hydrogen) atoms. The van der Waals surface area contributed by atoms with Crippen LogP contribution in [0.3, 0.4) is 0 Å². The lowest BCUT2D eigenvalue weighted by Gasteiger charge is -2.14. The average molecular weight is 431 g/mol. The molecule has 1 saturated carbocycles. The predicted octanol–water partition coefficient (Wildman–Crippen LogP) is 5.57. The van der Waals surface area contributed by atoms with Gasteiger partial charge in [-0.1, -0.05) is 36.0 Å². The number of benzene rings is 1. The van der Waals surface area contributed by atoms with Crippen LogP contribution in [0, 0.1) is 20.8 Å². The molecule has 1 fully saturated rings. The molecule has 1 amide bonds. The van der Waals surface area contributed by atoms with E-state index in [9.17, 15) is 4.79 Å². The molecule has 2 heterocycles. The highest BCUT2D eigenvalue weighted by Crippen LogP contribution is 2.30. The number of nitrogens with zero attached hydrogens (tertiary/aromatic N) is 3. The largest absolute Gasteiger partial charge is 0.348 e. The van der Waals surface area contributed by atoms with Crippen LogP contribution in [0.15, 0.2) is 30.3 Å². The standard InChI is InChI=1S/C22H24Cl2N4O/c1-13-8-9-14(2)27(13)22-15(3)20(21(29)25-16-6-4-5-7-16)26-28(22)17-10-11-18(23)19(24)12-17/h8-12,16H,4-7H2,1-3H3,(H,25,29). The van der Waals surface area contributed by atoms with Crippen molar-refractivity contribution < 1.29 is 4.79 Å². The van der Waals surface area contributed by atoms with Gasteiger partial charge in [0.25, 0.3) is 5.91 Å². The Labute approximate surface area is 180 Å². The zero-order valence-corrected chi connectivity index (χ0v) is 18.3. The fourth-order valence-corrected chi connectivity index (χ4v) is 4.38. The van der Waals surface area contributed by atoms with Gasteiger partial charge in [-0.05, 0) is 63.9 Å². The number of carbonyl (C=O) groups excluding carboxylic acids is 1. The topological polar surface area (TPSA) is 51.9 Å². The third-order valence-corrected chi connectivity index (χ3v) is 6.37. The molecular formula is C22H24Cl2N4O. The third-order valence-electron chi connectivity index (χ3n) is 5.63. The fraction of sp³-hybridized carbons (Fsp3) is 0.364. The smallest absolute Gasteiger partial charge is 0.272 e. The first-order chi connectivity index (χ1) is 13.9. The molecule has 0 saturated heterocycles. The summed E-state index contributed by atoms with van der Waals surface area (Å²) < 4.78 is 3.89. The maximum Gasteiger partial charge on any atom is 0.272 e. The van der Waals surface area contributed by atoms with E-state index in [0.29, 0.717) is 15.7 Å². The number of rotatable bonds is 4. The molecule has 5 nitrogen and oxygen atoms in total. The highest BCUT2D eigenvalue weighted by Gasteiger charge is 2.26. The number of aromatic nitrogens is 3.